The Labute approximate surface area is 139 Å². The van der Waals surface area contributed by atoms with Crippen molar-refractivity contribution < 1.29 is 0 Å². The number of hydrogen-bond acceptors (Lipinski definition) is 3. The highest BCUT2D eigenvalue weighted by atomic mass is 127. The van der Waals surface area contributed by atoms with Crippen molar-refractivity contribution in [2.45, 2.75) is 6.54 Å². The van der Waals surface area contributed by atoms with Gasteiger partial charge in [0.05, 0.1) is 28.2 Å². The molecule has 0 fully saturated rings. The monoisotopic (exact) mass is 411 g/mol. The number of para-hydroxylation sites is 1. The van der Waals surface area contributed by atoms with Crippen LogP contribution in [0.1, 0.15) is 5.82 Å². The van der Waals surface area contributed by atoms with Gasteiger partial charge in [-0.3, -0.25) is 4.79 Å². The molecule has 106 valence electrons. The molecule has 0 saturated heterocycles. The van der Waals surface area contributed by atoms with Crippen LogP contribution in [0, 0.1) is 3.57 Å². The average Bonchev–Trinajstić information content (AvgIpc) is 2.46. The van der Waals surface area contributed by atoms with Crippen LogP contribution in [0.5, 0.6) is 0 Å². The minimum absolute atomic E-state index is 0.133. The highest BCUT2D eigenvalue weighted by Crippen LogP contribution is 2.24. The molecule has 1 heterocycles. The van der Waals surface area contributed by atoms with Crippen molar-refractivity contribution in [1.29, 1.82) is 0 Å². The first-order valence-electron chi connectivity index (χ1n) is 6.30. The third-order valence-corrected chi connectivity index (χ3v) is 4.02. The summed E-state index contributed by atoms with van der Waals surface area (Å²) in [6.07, 6.45) is 0. The van der Waals surface area contributed by atoms with Gasteiger partial charge in [-0.15, -0.1) is 0 Å². The molecule has 0 bridgehead atoms. The van der Waals surface area contributed by atoms with E-state index in [0.29, 0.717) is 28.3 Å². The number of nitrogens with zero attached hydrogens (tertiary/aromatic N) is 1. The molecule has 0 radical (unpaired) electrons. The third kappa shape index (κ3) is 3.19. The first-order valence-corrected chi connectivity index (χ1v) is 7.76. The molecule has 0 unspecified atom stereocenters. The minimum atomic E-state index is -0.133. The Morgan fingerprint density at radius 1 is 1.24 bits per heavy atom. The molecule has 6 heteroatoms. The van der Waals surface area contributed by atoms with Gasteiger partial charge in [-0.25, -0.2) is 4.98 Å². The van der Waals surface area contributed by atoms with Crippen molar-refractivity contribution in [2.75, 3.05) is 5.32 Å². The maximum Gasteiger partial charge on any atom is 0.258 e. The van der Waals surface area contributed by atoms with Crippen LogP contribution in [0.2, 0.25) is 5.02 Å². The van der Waals surface area contributed by atoms with Gasteiger partial charge in [-0.05, 0) is 52.9 Å². The summed E-state index contributed by atoms with van der Waals surface area (Å²) in [6.45, 7) is 0.403. The quantitative estimate of drug-likeness (QED) is 0.645. The molecule has 0 aliphatic carbocycles. The highest BCUT2D eigenvalue weighted by Gasteiger charge is 2.05. The Hall–Kier alpha value is -1.60. The number of aromatic amines is 1. The summed E-state index contributed by atoms with van der Waals surface area (Å²) in [5.74, 6) is 0.577. The summed E-state index contributed by atoms with van der Waals surface area (Å²) in [5, 5.41) is 4.42. The van der Waals surface area contributed by atoms with Crippen LogP contribution < -0.4 is 10.9 Å². The van der Waals surface area contributed by atoms with Gasteiger partial charge in [-0.1, -0.05) is 23.7 Å². The van der Waals surface area contributed by atoms with Crippen LogP contribution in [0.3, 0.4) is 0 Å². The number of hydrogen-bond donors (Lipinski definition) is 2. The van der Waals surface area contributed by atoms with Crippen molar-refractivity contribution >= 4 is 50.8 Å². The minimum Gasteiger partial charge on any atom is -0.377 e. The van der Waals surface area contributed by atoms with Gasteiger partial charge < -0.3 is 10.3 Å². The van der Waals surface area contributed by atoms with Gasteiger partial charge >= 0.3 is 0 Å². The van der Waals surface area contributed by atoms with E-state index in [-0.39, 0.29) is 5.56 Å². The molecule has 21 heavy (non-hydrogen) atoms. The van der Waals surface area contributed by atoms with E-state index in [2.05, 4.69) is 37.9 Å². The Bertz CT molecular complexity index is 863. The predicted molar refractivity (Wildman–Crippen MR) is 93.9 cm³/mol. The summed E-state index contributed by atoms with van der Waals surface area (Å²) < 4.78 is 1.07. The van der Waals surface area contributed by atoms with Gasteiger partial charge in [-0.2, -0.15) is 0 Å². The van der Waals surface area contributed by atoms with Crippen molar-refractivity contribution in [3.05, 3.63) is 67.2 Å². The second-order valence-corrected chi connectivity index (χ2v) is 6.16. The van der Waals surface area contributed by atoms with E-state index in [1.165, 1.54) is 0 Å². The molecule has 1 aromatic heterocycles. The van der Waals surface area contributed by atoms with Crippen LogP contribution in [-0.4, -0.2) is 9.97 Å². The van der Waals surface area contributed by atoms with Gasteiger partial charge in [0, 0.05) is 3.57 Å². The van der Waals surface area contributed by atoms with E-state index in [1.54, 1.807) is 6.07 Å². The van der Waals surface area contributed by atoms with Gasteiger partial charge in [0.1, 0.15) is 5.82 Å². The second-order valence-electron chi connectivity index (χ2n) is 4.51. The molecule has 0 amide bonds. The molecular weight excluding hydrogens is 401 g/mol. The number of halogens is 2. The van der Waals surface area contributed by atoms with Crippen molar-refractivity contribution in [3.8, 4) is 0 Å². The molecule has 4 nitrogen and oxygen atoms in total. The number of fused-ring (bicyclic) bond motifs is 1. The molecule has 0 saturated carbocycles. The second kappa shape index (κ2) is 6.03. The van der Waals surface area contributed by atoms with E-state index in [9.17, 15) is 4.79 Å². The van der Waals surface area contributed by atoms with Crippen molar-refractivity contribution in [2.24, 2.45) is 0 Å². The molecule has 2 N–H and O–H groups in total. The Morgan fingerprint density at radius 3 is 2.86 bits per heavy atom. The normalized spacial score (nSPS) is 10.8. The summed E-state index contributed by atoms with van der Waals surface area (Å²) in [5.41, 5.74) is 1.37. The lowest BCUT2D eigenvalue weighted by Crippen LogP contribution is -2.14. The first-order chi connectivity index (χ1) is 10.1. The summed E-state index contributed by atoms with van der Waals surface area (Å²) in [6, 6.07) is 13.0. The highest BCUT2D eigenvalue weighted by molar-refractivity contribution is 14.1. The lowest BCUT2D eigenvalue weighted by Gasteiger charge is -2.08. The molecular formula is C15H11ClIN3O. The Balaban J connectivity index is 1.87. The molecule has 3 rings (SSSR count). The number of aromatic nitrogens is 2. The molecule has 0 aliphatic heterocycles. The fraction of sp³-hybridized carbons (Fsp3) is 0.0667. The zero-order valence-corrected chi connectivity index (χ0v) is 13.8. The molecule has 0 spiro atoms. The summed E-state index contributed by atoms with van der Waals surface area (Å²) >= 11 is 8.37. The van der Waals surface area contributed by atoms with Gasteiger partial charge in [0.25, 0.3) is 5.56 Å². The van der Waals surface area contributed by atoms with E-state index < -0.39 is 0 Å². The lowest BCUT2D eigenvalue weighted by molar-refractivity contribution is 0.953. The molecule has 2 aromatic carbocycles. The van der Waals surface area contributed by atoms with E-state index in [4.69, 9.17) is 11.6 Å². The number of nitrogens with one attached hydrogen (secondary N) is 2. The smallest absolute Gasteiger partial charge is 0.258 e. The first kappa shape index (κ1) is 14.3. The Morgan fingerprint density at radius 2 is 2.05 bits per heavy atom. The number of benzene rings is 2. The number of anilines is 1. The van der Waals surface area contributed by atoms with Gasteiger partial charge in [0.15, 0.2) is 0 Å². The van der Waals surface area contributed by atoms with Crippen LogP contribution in [0.4, 0.5) is 5.69 Å². The van der Waals surface area contributed by atoms with E-state index in [1.807, 2.05) is 36.4 Å². The van der Waals surface area contributed by atoms with Crippen molar-refractivity contribution in [3.63, 3.8) is 0 Å². The van der Waals surface area contributed by atoms with Crippen LogP contribution in [0.15, 0.2) is 47.3 Å². The van der Waals surface area contributed by atoms with Crippen LogP contribution in [0.25, 0.3) is 10.9 Å². The maximum absolute atomic E-state index is 12.0. The number of H-pyrrole nitrogens is 1. The molecule has 3 aromatic rings. The van der Waals surface area contributed by atoms with Gasteiger partial charge in [0.2, 0.25) is 0 Å². The molecule has 0 aliphatic rings. The maximum atomic E-state index is 12.0. The summed E-state index contributed by atoms with van der Waals surface area (Å²) in [4.78, 5) is 19.2. The summed E-state index contributed by atoms with van der Waals surface area (Å²) in [7, 11) is 0. The fourth-order valence-corrected chi connectivity index (χ4v) is 2.95. The van der Waals surface area contributed by atoms with Crippen LogP contribution in [-0.2, 0) is 6.54 Å². The van der Waals surface area contributed by atoms with Crippen molar-refractivity contribution in [1.82, 2.24) is 9.97 Å². The number of rotatable bonds is 3. The third-order valence-electron chi connectivity index (χ3n) is 3.04. The predicted octanol–water partition coefficient (Wildman–Crippen LogP) is 3.79. The average molecular weight is 412 g/mol. The fourth-order valence-electron chi connectivity index (χ4n) is 2.03. The zero-order chi connectivity index (χ0) is 14.8. The SMILES string of the molecule is O=c1[nH]c(CNc2ccc(I)cc2Cl)nc2ccccc12. The lowest BCUT2D eigenvalue weighted by atomic mass is 10.2. The zero-order valence-electron chi connectivity index (χ0n) is 10.9. The Kier molecular flexibility index (Phi) is 4.12. The van der Waals surface area contributed by atoms with E-state index in [0.717, 1.165) is 9.26 Å². The molecule has 0 atom stereocenters. The topological polar surface area (TPSA) is 57.8 Å². The largest absolute Gasteiger partial charge is 0.377 e. The standard InChI is InChI=1S/C15H11ClIN3O/c16-11-7-9(17)5-6-13(11)18-8-14-19-12-4-2-1-3-10(12)15(21)20-14/h1-7,18H,8H2,(H,19,20,21). The van der Waals surface area contributed by atoms with Crippen LogP contribution >= 0.6 is 34.2 Å². The van der Waals surface area contributed by atoms with E-state index >= 15 is 0 Å².